The first-order valence-corrected chi connectivity index (χ1v) is 6.82. The fraction of sp³-hybridized carbons (Fsp3) is 0.111. The standard InChI is InChI=1S/C18H13N/c1-2-6-16-12(4-1)10-14-8-9-15-11-13-5-3-7-17(16)18(13)19(14)15/h1-9H,10-11H2. The van der Waals surface area contributed by atoms with Gasteiger partial charge in [-0.1, -0.05) is 42.5 Å². The van der Waals surface area contributed by atoms with E-state index >= 15 is 0 Å². The Morgan fingerprint density at radius 2 is 1.32 bits per heavy atom. The lowest BCUT2D eigenvalue weighted by atomic mass is 9.95. The zero-order chi connectivity index (χ0) is 12.4. The summed E-state index contributed by atoms with van der Waals surface area (Å²) in [7, 11) is 0. The van der Waals surface area contributed by atoms with Crippen LogP contribution in [0.15, 0.2) is 54.6 Å². The van der Waals surface area contributed by atoms with E-state index in [1.807, 2.05) is 0 Å². The molecule has 1 heteroatoms. The Bertz CT molecular complexity index is 823. The van der Waals surface area contributed by atoms with Crippen LogP contribution in [0.3, 0.4) is 0 Å². The molecule has 90 valence electrons. The van der Waals surface area contributed by atoms with Crippen LogP contribution in [0.2, 0.25) is 0 Å². The van der Waals surface area contributed by atoms with E-state index in [4.69, 9.17) is 0 Å². The molecule has 3 heterocycles. The topological polar surface area (TPSA) is 4.93 Å². The van der Waals surface area contributed by atoms with Gasteiger partial charge in [0.05, 0.1) is 5.69 Å². The maximum absolute atomic E-state index is 2.48. The molecule has 0 radical (unpaired) electrons. The molecule has 2 aliphatic heterocycles. The summed E-state index contributed by atoms with van der Waals surface area (Å²) in [5, 5.41) is 0. The normalized spacial score (nSPS) is 13.9. The molecule has 0 bridgehead atoms. The summed E-state index contributed by atoms with van der Waals surface area (Å²) in [5.74, 6) is 0. The highest BCUT2D eigenvalue weighted by molar-refractivity contribution is 5.81. The van der Waals surface area contributed by atoms with Crippen LogP contribution in [0.4, 0.5) is 0 Å². The van der Waals surface area contributed by atoms with Gasteiger partial charge in [0.25, 0.3) is 0 Å². The Morgan fingerprint density at radius 1 is 0.632 bits per heavy atom. The quantitative estimate of drug-likeness (QED) is 0.388. The van der Waals surface area contributed by atoms with Gasteiger partial charge in [0.15, 0.2) is 0 Å². The average molecular weight is 243 g/mol. The van der Waals surface area contributed by atoms with Gasteiger partial charge in [0, 0.05) is 29.8 Å². The predicted octanol–water partition coefficient (Wildman–Crippen LogP) is 3.95. The van der Waals surface area contributed by atoms with Gasteiger partial charge in [-0.05, 0) is 28.8 Å². The van der Waals surface area contributed by atoms with Crippen LogP contribution in [0, 0.1) is 0 Å². The number of fused-ring (bicyclic) bond motifs is 2. The van der Waals surface area contributed by atoms with Crippen LogP contribution < -0.4 is 0 Å². The Labute approximate surface area is 112 Å². The van der Waals surface area contributed by atoms with Crippen molar-refractivity contribution in [1.82, 2.24) is 4.57 Å². The lowest BCUT2D eigenvalue weighted by Gasteiger charge is -2.10. The van der Waals surface area contributed by atoms with Crippen LogP contribution in [0.1, 0.15) is 22.5 Å². The van der Waals surface area contributed by atoms with Crippen molar-refractivity contribution in [2.45, 2.75) is 12.8 Å². The van der Waals surface area contributed by atoms with Crippen molar-refractivity contribution < 1.29 is 0 Å². The molecule has 0 N–H and O–H groups in total. The van der Waals surface area contributed by atoms with Crippen molar-refractivity contribution in [3.8, 4) is 16.8 Å². The molecule has 0 unspecified atom stereocenters. The largest absolute Gasteiger partial charge is 0.316 e. The summed E-state index contributed by atoms with van der Waals surface area (Å²) in [6.07, 6.45) is 2.11. The number of para-hydroxylation sites is 1. The highest BCUT2D eigenvalue weighted by Crippen LogP contribution is 2.42. The van der Waals surface area contributed by atoms with E-state index in [0.717, 1.165) is 12.8 Å². The van der Waals surface area contributed by atoms with E-state index < -0.39 is 0 Å². The van der Waals surface area contributed by atoms with Gasteiger partial charge in [-0.2, -0.15) is 0 Å². The van der Waals surface area contributed by atoms with Crippen LogP contribution in [-0.4, -0.2) is 4.57 Å². The first-order chi connectivity index (χ1) is 9.42. The van der Waals surface area contributed by atoms with Crippen LogP contribution in [0.5, 0.6) is 0 Å². The van der Waals surface area contributed by atoms with Crippen molar-refractivity contribution in [3.63, 3.8) is 0 Å². The molecule has 0 amide bonds. The van der Waals surface area contributed by atoms with Crippen molar-refractivity contribution in [2.75, 3.05) is 0 Å². The van der Waals surface area contributed by atoms with Gasteiger partial charge >= 0.3 is 0 Å². The molecule has 1 aromatic heterocycles. The molecule has 19 heavy (non-hydrogen) atoms. The third-order valence-electron chi connectivity index (χ3n) is 4.44. The fourth-order valence-corrected chi connectivity index (χ4v) is 3.63. The number of benzene rings is 2. The number of nitrogens with zero attached hydrogens (tertiary/aromatic N) is 1. The third-order valence-corrected chi connectivity index (χ3v) is 4.44. The van der Waals surface area contributed by atoms with E-state index in [2.05, 4.69) is 59.2 Å². The van der Waals surface area contributed by atoms with Gasteiger partial charge < -0.3 is 4.57 Å². The summed E-state index contributed by atoms with van der Waals surface area (Å²) in [6.45, 7) is 0. The summed E-state index contributed by atoms with van der Waals surface area (Å²) in [5.41, 5.74) is 9.97. The summed E-state index contributed by atoms with van der Waals surface area (Å²) in [6, 6.07) is 20.1. The molecule has 0 saturated heterocycles. The van der Waals surface area contributed by atoms with E-state index in [1.54, 1.807) is 0 Å². The number of hydrogen-bond donors (Lipinski definition) is 0. The molecule has 0 atom stereocenters. The van der Waals surface area contributed by atoms with E-state index in [0.29, 0.717) is 0 Å². The summed E-state index contributed by atoms with van der Waals surface area (Å²) < 4.78 is 2.48. The molecule has 2 aromatic carbocycles. The molecule has 0 fully saturated rings. The van der Waals surface area contributed by atoms with E-state index in [9.17, 15) is 0 Å². The van der Waals surface area contributed by atoms with Crippen molar-refractivity contribution >= 4 is 0 Å². The Morgan fingerprint density at radius 3 is 2.21 bits per heavy atom. The van der Waals surface area contributed by atoms with Crippen molar-refractivity contribution in [1.29, 1.82) is 0 Å². The zero-order valence-corrected chi connectivity index (χ0v) is 10.6. The van der Waals surface area contributed by atoms with E-state index in [1.165, 1.54) is 39.3 Å². The van der Waals surface area contributed by atoms with Gasteiger partial charge in [-0.3, -0.25) is 0 Å². The highest BCUT2D eigenvalue weighted by atomic mass is 15.0. The minimum Gasteiger partial charge on any atom is -0.316 e. The lowest BCUT2D eigenvalue weighted by Crippen LogP contribution is -1.97. The second-order valence-corrected chi connectivity index (χ2v) is 5.48. The van der Waals surface area contributed by atoms with Gasteiger partial charge in [-0.15, -0.1) is 0 Å². The predicted molar refractivity (Wildman–Crippen MR) is 76.8 cm³/mol. The van der Waals surface area contributed by atoms with E-state index in [-0.39, 0.29) is 0 Å². The molecule has 0 saturated carbocycles. The van der Waals surface area contributed by atoms with Gasteiger partial charge in [-0.25, -0.2) is 0 Å². The third kappa shape index (κ3) is 1.11. The molecule has 5 rings (SSSR count). The van der Waals surface area contributed by atoms with Crippen LogP contribution >= 0.6 is 0 Å². The van der Waals surface area contributed by atoms with Crippen LogP contribution in [-0.2, 0) is 12.8 Å². The Kier molecular flexibility index (Phi) is 1.61. The second kappa shape index (κ2) is 3.18. The summed E-state index contributed by atoms with van der Waals surface area (Å²) in [4.78, 5) is 0. The smallest absolute Gasteiger partial charge is 0.0569 e. The monoisotopic (exact) mass is 243 g/mol. The van der Waals surface area contributed by atoms with Gasteiger partial charge in [0.1, 0.15) is 0 Å². The average Bonchev–Trinajstić information content (AvgIpc) is 2.94. The van der Waals surface area contributed by atoms with Gasteiger partial charge in [0.2, 0.25) is 0 Å². The maximum Gasteiger partial charge on any atom is 0.0569 e. The lowest BCUT2D eigenvalue weighted by molar-refractivity contribution is 0.960. The highest BCUT2D eigenvalue weighted by Gasteiger charge is 2.27. The molecule has 0 aliphatic carbocycles. The molecular formula is C18H13N. The zero-order valence-electron chi connectivity index (χ0n) is 10.6. The minimum atomic E-state index is 1.03. The maximum atomic E-state index is 2.48. The Hall–Kier alpha value is -2.28. The number of hydrogen-bond acceptors (Lipinski definition) is 0. The first kappa shape index (κ1) is 9.62. The Balaban J connectivity index is 2.00. The first-order valence-electron chi connectivity index (χ1n) is 6.82. The van der Waals surface area contributed by atoms with Crippen molar-refractivity contribution in [3.05, 3.63) is 77.1 Å². The summed E-state index contributed by atoms with van der Waals surface area (Å²) >= 11 is 0. The minimum absolute atomic E-state index is 1.03. The molecule has 1 nitrogen and oxygen atoms in total. The molecule has 2 aliphatic rings. The van der Waals surface area contributed by atoms with Crippen molar-refractivity contribution in [2.24, 2.45) is 0 Å². The number of aromatic nitrogens is 1. The second-order valence-electron chi connectivity index (χ2n) is 5.48. The SMILES string of the molecule is c1ccc2c(c1)Cc1ccc3n1-c1c(cccc1-2)C3. The number of rotatable bonds is 0. The van der Waals surface area contributed by atoms with Crippen LogP contribution in [0.25, 0.3) is 16.8 Å². The fourth-order valence-electron chi connectivity index (χ4n) is 3.63. The molecular weight excluding hydrogens is 230 g/mol. The molecule has 3 aromatic rings. The molecule has 0 spiro atoms.